The second-order valence-corrected chi connectivity index (χ2v) is 9.82. The van der Waals surface area contributed by atoms with E-state index < -0.39 is 7.12 Å². The summed E-state index contributed by atoms with van der Waals surface area (Å²) in [6.07, 6.45) is 6.52. The molecule has 0 aliphatic heterocycles. The van der Waals surface area contributed by atoms with E-state index in [4.69, 9.17) is 33.1 Å². The maximum atomic E-state index is 8.55. The molecule has 0 saturated carbocycles. The summed E-state index contributed by atoms with van der Waals surface area (Å²) in [6, 6.07) is 33.5. The van der Waals surface area contributed by atoms with Gasteiger partial charge in [-0.1, -0.05) is 59.8 Å². The molecule has 0 aliphatic rings. The maximum absolute atomic E-state index is 8.55. The molecule has 0 atom stereocenters. The van der Waals surface area contributed by atoms with Crippen molar-refractivity contribution in [3.05, 3.63) is 162 Å². The first-order chi connectivity index (χ1) is 22.4. The van der Waals surface area contributed by atoms with Gasteiger partial charge in [-0.25, -0.2) is 9.97 Å². The maximum Gasteiger partial charge on any atom is 0.488 e. The number of hydrogen-bond acceptors (Lipinski definition) is 8. The Labute approximate surface area is 273 Å². The van der Waals surface area contributed by atoms with Crippen LogP contribution in [0.25, 0.3) is 11.1 Å². The highest BCUT2D eigenvalue weighted by atomic mass is 35.5. The molecule has 8 nitrogen and oxygen atoms in total. The molecule has 4 heterocycles. The van der Waals surface area contributed by atoms with E-state index in [1.807, 2.05) is 84.9 Å². The zero-order valence-corrected chi connectivity index (χ0v) is 25.3. The highest BCUT2D eigenvalue weighted by Crippen LogP contribution is 2.20. The van der Waals surface area contributed by atoms with Gasteiger partial charge in [-0.2, -0.15) is 0 Å². The van der Waals surface area contributed by atoms with Crippen LogP contribution in [0, 0.1) is 23.7 Å². The lowest BCUT2D eigenvalue weighted by molar-refractivity contribution is 0.425. The molecule has 2 aromatic carbocycles. The number of aromatic nitrogens is 4. The quantitative estimate of drug-likeness (QED) is 0.162. The number of benzene rings is 2. The summed E-state index contributed by atoms with van der Waals surface area (Å²) < 4.78 is 0. The third-order valence-electron chi connectivity index (χ3n) is 5.89. The summed E-state index contributed by atoms with van der Waals surface area (Å²) >= 11 is 5.84. The van der Waals surface area contributed by atoms with Gasteiger partial charge in [0.15, 0.2) is 0 Å². The lowest BCUT2D eigenvalue weighted by Crippen LogP contribution is -2.29. The van der Waals surface area contributed by atoms with E-state index in [1.54, 1.807) is 36.7 Å². The van der Waals surface area contributed by atoms with E-state index in [-0.39, 0.29) is 0 Å². The summed E-state index contributed by atoms with van der Waals surface area (Å²) in [6.45, 7) is 0. The molecule has 224 valence electrons. The number of nitrogen functional groups attached to an aromatic ring is 2. The van der Waals surface area contributed by atoms with Gasteiger partial charge in [0.1, 0.15) is 23.0 Å². The third-order valence-corrected chi connectivity index (χ3v) is 6.11. The third kappa shape index (κ3) is 11.3. The number of pyridine rings is 4. The molecule has 0 saturated heterocycles. The van der Waals surface area contributed by atoms with Crippen molar-refractivity contribution in [3.8, 4) is 34.8 Å². The van der Waals surface area contributed by atoms with Crippen molar-refractivity contribution in [1.82, 2.24) is 19.9 Å². The van der Waals surface area contributed by atoms with Crippen molar-refractivity contribution in [1.29, 1.82) is 0 Å². The van der Waals surface area contributed by atoms with Crippen LogP contribution in [-0.4, -0.2) is 37.1 Å². The molecule has 0 aliphatic carbocycles. The molecular formula is C36H28BClN6O2. The van der Waals surface area contributed by atoms with Crippen molar-refractivity contribution in [2.75, 3.05) is 11.5 Å². The SMILES string of the molecule is Nc1cc(-c2ccncc2)cc(C#Cc2ccccc2)n1.Nc1cc(Cl)cc(C#Cc2ccccc2)n1.OB(O)c1ccncc1. The van der Waals surface area contributed by atoms with E-state index in [2.05, 4.69) is 43.6 Å². The van der Waals surface area contributed by atoms with E-state index >= 15 is 0 Å². The Morgan fingerprint density at radius 1 is 0.543 bits per heavy atom. The van der Waals surface area contributed by atoms with Gasteiger partial charge in [-0.3, -0.25) is 9.97 Å². The van der Waals surface area contributed by atoms with Gasteiger partial charge in [-0.15, -0.1) is 0 Å². The molecule has 0 fully saturated rings. The van der Waals surface area contributed by atoms with Crippen LogP contribution in [0.4, 0.5) is 11.6 Å². The van der Waals surface area contributed by atoms with Crippen molar-refractivity contribution in [2.24, 2.45) is 0 Å². The van der Waals surface area contributed by atoms with Crippen LogP contribution in [0.1, 0.15) is 22.5 Å². The lowest BCUT2D eigenvalue weighted by atomic mass is 9.81. The minimum absolute atomic E-state index is 0.380. The molecule has 6 aromatic rings. The average molecular weight is 623 g/mol. The predicted octanol–water partition coefficient (Wildman–Crippen LogP) is 4.60. The normalized spacial score (nSPS) is 9.46. The fourth-order valence-electron chi connectivity index (χ4n) is 3.76. The second-order valence-electron chi connectivity index (χ2n) is 9.38. The van der Waals surface area contributed by atoms with E-state index in [0.29, 0.717) is 33.5 Å². The summed E-state index contributed by atoms with van der Waals surface area (Å²) in [7, 11) is -1.38. The van der Waals surface area contributed by atoms with Gasteiger partial charge in [-0.05, 0) is 101 Å². The van der Waals surface area contributed by atoms with Gasteiger partial charge in [0.25, 0.3) is 0 Å². The Bertz CT molecular complexity index is 1940. The molecule has 0 amide bonds. The molecule has 6 N–H and O–H groups in total. The van der Waals surface area contributed by atoms with Crippen molar-refractivity contribution in [2.45, 2.75) is 0 Å². The number of nitrogens with zero attached hydrogens (tertiary/aromatic N) is 4. The van der Waals surface area contributed by atoms with Crippen LogP contribution in [-0.2, 0) is 0 Å². The van der Waals surface area contributed by atoms with Gasteiger partial charge in [0.05, 0.1) is 0 Å². The topological polar surface area (TPSA) is 144 Å². The number of nitrogens with two attached hydrogens (primary N) is 2. The molecule has 0 spiro atoms. The van der Waals surface area contributed by atoms with Gasteiger partial charge >= 0.3 is 7.12 Å². The second kappa shape index (κ2) is 17.4. The zero-order valence-electron chi connectivity index (χ0n) is 24.5. The van der Waals surface area contributed by atoms with Crippen molar-refractivity contribution < 1.29 is 10.0 Å². The van der Waals surface area contributed by atoms with Crippen molar-refractivity contribution >= 4 is 35.8 Å². The van der Waals surface area contributed by atoms with Crippen LogP contribution in [0.5, 0.6) is 0 Å². The molecule has 4 aromatic heterocycles. The Morgan fingerprint density at radius 2 is 1.02 bits per heavy atom. The van der Waals surface area contributed by atoms with Crippen LogP contribution in [0.2, 0.25) is 5.02 Å². The molecule has 0 radical (unpaired) electrons. The summed E-state index contributed by atoms with van der Waals surface area (Å²) in [5.41, 5.74) is 17.1. The highest BCUT2D eigenvalue weighted by Gasteiger charge is 2.08. The Morgan fingerprint density at radius 3 is 1.50 bits per heavy atom. The van der Waals surface area contributed by atoms with Crippen molar-refractivity contribution in [3.63, 3.8) is 0 Å². The summed E-state index contributed by atoms with van der Waals surface area (Å²) in [5.74, 6) is 12.9. The predicted molar refractivity (Wildman–Crippen MR) is 184 cm³/mol. The van der Waals surface area contributed by atoms with Crippen LogP contribution in [0.3, 0.4) is 0 Å². The standard InChI is InChI=1S/C18H13N3.C13H9ClN2.C5H6BNO2/c19-18-13-16(15-8-10-20-11-9-15)12-17(21-18)7-6-14-4-2-1-3-5-14;14-11-8-12(16-13(15)9-11)7-6-10-4-2-1-3-5-10;8-6(9)5-1-3-7-4-2-5/h1-5,8-13H,(H2,19,21);1-5,8-9H,(H2,15,16);1-4,8-9H. The monoisotopic (exact) mass is 622 g/mol. The van der Waals surface area contributed by atoms with E-state index in [0.717, 1.165) is 22.3 Å². The molecule has 46 heavy (non-hydrogen) atoms. The number of anilines is 2. The Balaban J connectivity index is 0.000000170. The van der Waals surface area contributed by atoms with Crippen LogP contribution in [0.15, 0.2) is 134 Å². The largest absolute Gasteiger partial charge is 0.488 e. The zero-order chi connectivity index (χ0) is 32.6. The summed E-state index contributed by atoms with van der Waals surface area (Å²) in [4.78, 5) is 16.1. The molecule has 0 unspecified atom stereocenters. The molecule has 10 heteroatoms. The molecule has 6 rings (SSSR count). The number of halogens is 1. The fraction of sp³-hybridized carbons (Fsp3) is 0. The average Bonchev–Trinajstić information content (AvgIpc) is 3.08. The minimum Gasteiger partial charge on any atom is -0.423 e. The highest BCUT2D eigenvalue weighted by molar-refractivity contribution is 6.58. The first kappa shape index (κ1) is 32.9. The molecule has 0 bridgehead atoms. The fourth-order valence-corrected chi connectivity index (χ4v) is 3.97. The van der Waals surface area contributed by atoms with Crippen LogP contribution < -0.4 is 16.9 Å². The van der Waals surface area contributed by atoms with Gasteiger partial charge in [0.2, 0.25) is 0 Å². The van der Waals surface area contributed by atoms with Gasteiger partial charge < -0.3 is 21.5 Å². The number of hydrogen-bond donors (Lipinski definition) is 4. The Hall–Kier alpha value is -5.97. The van der Waals surface area contributed by atoms with E-state index in [9.17, 15) is 0 Å². The summed E-state index contributed by atoms with van der Waals surface area (Å²) in [5, 5.41) is 17.6. The number of rotatable bonds is 2. The first-order valence-electron chi connectivity index (χ1n) is 13.9. The first-order valence-corrected chi connectivity index (χ1v) is 14.2. The van der Waals surface area contributed by atoms with Gasteiger partial charge in [0, 0.05) is 40.9 Å². The lowest BCUT2D eigenvalue weighted by Gasteiger charge is -2.03. The molecular weight excluding hydrogens is 595 g/mol. The smallest absolute Gasteiger partial charge is 0.423 e. The minimum atomic E-state index is -1.38. The Kier molecular flexibility index (Phi) is 12.4. The van der Waals surface area contributed by atoms with Crippen LogP contribution >= 0.6 is 11.6 Å². The van der Waals surface area contributed by atoms with E-state index in [1.165, 1.54) is 12.4 Å².